The van der Waals surface area contributed by atoms with Crippen molar-refractivity contribution in [3.05, 3.63) is 66.3 Å². The summed E-state index contributed by atoms with van der Waals surface area (Å²) < 4.78 is 34.9. The normalized spacial score (nSPS) is 16.1. The van der Waals surface area contributed by atoms with E-state index in [1.54, 1.807) is 11.1 Å². The number of nitrogens with zero attached hydrogens (tertiary/aromatic N) is 6. The molecule has 1 fully saturated rings. The average molecular weight is 495 g/mol. The second-order valence-corrected chi connectivity index (χ2v) is 8.97. The highest BCUT2D eigenvalue weighted by molar-refractivity contribution is 5.87. The van der Waals surface area contributed by atoms with Gasteiger partial charge < -0.3 is 14.5 Å². The summed E-state index contributed by atoms with van der Waals surface area (Å²) in [6.45, 7) is 8.60. The molecule has 2 aliphatic rings. The SMILES string of the molecule is C=CC(=O)N1CCc2nc(N3CCC(Oc4ccc(F)cc4F)CC3)c(-c3cnn(CC)c3)nc2C1. The van der Waals surface area contributed by atoms with Gasteiger partial charge >= 0.3 is 0 Å². The summed E-state index contributed by atoms with van der Waals surface area (Å²) in [5.74, 6) is -0.602. The molecule has 10 heteroatoms. The number of amides is 1. The molecule has 5 rings (SSSR count). The molecule has 1 amide bonds. The maximum atomic E-state index is 14.0. The molecule has 2 aliphatic heterocycles. The Morgan fingerprint density at radius 2 is 2.00 bits per heavy atom. The van der Waals surface area contributed by atoms with Crippen molar-refractivity contribution >= 4 is 11.7 Å². The Balaban J connectivity index is 1.39. The van der Waals surface area contributed by atoms with Crippen molar-refractivity contribution in [3.63, 3.8) is 0 Å². The first kappa shape index (κ1) is 23.9. The van der Waals surface area contributed by atoms with Crippen LogP contribution in [0.5, 0.6) is 5.75 Å². The minimum atomic E-state index is -0.697. The number of anilines is 1. The largest absolute Gasteiger partial charge is 0.487 e. The lowest BCUT2D eigenvalue weighted by Gasteiger charge is -2.35. The average Bonchev–Trinajstić information content (AvgIpc) is 3.38. The fraction of sp³-hybridized carbons (Fsp3) is 0.385. The highest BCUT2D eigenvalue weighted by Gasteiger charge is 2.29. The number of piperidine rings is 1. The number of ether oxygens (including phenoxy) is 1. The van der Waals surface area contributed by atoms with Gasteiger partial charge in [0, 0.05) is 63.3 Å². The lowest BCUT2D eigenvalue weighted by molar-refractivity contribution is -0.126. The Kier molecular flexibility index (Phi) is 6.67. The quantitative estimate of drug-likeness (QED) is 0.486. The van der Waals surface area contributed by atoms with Crippen LogP contribution in [0.1, 0.15) is 31.2 Å². The van der Waals surface area contributed by atoms with E-state index in [1.807, 2.05) is 17.8 Å². The van der Waals surface area contributed by atoms with Crippen molar-refractivity contribution in [1.29, 1.82) is 0 Å². The fourth-order valence-electron chi connectivity index (χ4n) is 4.65. The molecule has 8 nitrogen and oxygen atoms in total. The molecule has 0 radical (unpaired) electrons. The summed E-state index contributed by atoms with van der Waals surface area (Å²) in [4.78, 5) is 26.1. The van der Waals surface area contributed by atoms with E-state index in [4.69, 9.17) is 14.7 Å². The van der Waals surface area contributed by atoms with Crippen LogP contribution in [0.3, 0.4) is 0 Å². The number of aryl methyl sites for hydroxylation is 1. The first-order valence-electron chi connectivity index (χ1n) is 12.2. The van der Waals surface area contributed by atoms with E-state index >= 15 is 0 Å². The Bertz CT molecular complexity index is 1290. The van der Waals surface area contributed by atoms with Crippen LogP contribution in [0.25, 0.3) is 11.3 Å². The number of carbonyl (C=O) groups is 1. The monoisotopic (exact) mass is 494 g/mol. The van der Waals surface area contributed by atoms with Crippen LogP contribution in [-0.2, 0) is 24.3 Å². The topological polar surface area (TPSA) is 76.4 Å². The molecule has 0 spiro atoms. The first-order valence-corrected chi connectivity index (χ1v) is 12.2. The molecule has 188 valence electrons. The Labute approximate surface area is 208 Å². The maximum Gasteiger partial charge on any atom is 0.246 e. The van der Waals surface area contributed by atoms with E-state index in [0.717, 1.165) is 41.1 Å². The van der Waals surface area contributed by atoms with Crippen LogP contribution in [0.15, 0.2) is 43.2 Å². The molecule has 0 aliphatic carbocycles. The van der Waals surface area contributed by atoms with E-state index in [0.29, 0.717) is 45.4 Å². The molecule has 0 atom stereocenters. The van der Waals surface area contributed by atoms with Gasteiger partial charge in [-0.05, 0) is 25.1 Å². The number of hydrogen-bond donors (Lipinski definition) is 0. The van der Waals surface area contributed by atoms with Crippen LogP contribution >= 0.6 is 0 Å². The molecule has 1 saturated heterocycles. The Hall–Kier alpha value is -3.82. The van der Waals surface area contributed by atoms with Crippen molar-refractivity contribution in [1.82, 2.24) is 24.6 Å². The third-order valence-electron chi connectivity index (χ3n) is 6.64. The number of benzene rings is 1. The van der Waals surface area contributed by atoms with E-state index < -0.39 is 11.6 Å². The lowest BCUT2D eigenvalue weighted by Crippen LogP contribution is -2.40. The fourth-order valence-corrected chi connectivity index (χ4v) is 4.65. The van der Waals surface area contributed by atoms with Crippen molar-refractivity contribution < 1.29 is 18.3 Å². The van der Waals surface area contributed by atoms with Crippen molar-refractivity contribution in [2.45, 2.75) is 45.4 Å². The second-order valence-electron chi connectivity index (χ2n) is 8.97. The summed E-state index contributed by atoms with van der Waals surface area (Å²) in [5.41, 5.74) is 3.26. The van der Waals surface area contributed by atoms with Crippen LogP contribution in [-0.4, -0.2) is 56.3 Å². The molecule has 1 aromatic carbocycles. The summed E-state index contributed by atoms with van der Waals surface area (Å²) in [6, 6.07) is 3.36. The number of halogens is 2. The zero-order valence-electron chi connectivity index (χ0n) is 20.2. The molecule has 0 unspecified atom stereocenters. The van der Waals surface area contributed by atoms with Crippen molar-refractivity contribution in [2.24, 2.45) is 0 Å². The van der Waals surface area contributed by atoms with Gasteiger partial charge in [-0.1, -0.05) is 6.58 Å². The van der Waals surface area contributed by atoms with Gasteiger partial charge in [0.25, 0.3) is 0 Å². The minimum absolute atomic E-state index is 0.0646. The molecule has 0 saturated carbocycles. The summed E-state index contributed by atoms with van der Waals surface area (Å²) >= 11 is 0. The molecule has 4 heterocycles. The highest BCUT2D eigenvalue weighted by Crippen LogP contribution is 2.33. The lowest BCUT2D eigenvalue weighted by atomic mass is 10.1. The molecular formula is C26H28F2N6O2. The molecule has 0 N–H and O–H groups in total. The maximum absolute atomic E-state index is 14.0. The number of aromatic nitrogens is 4. The van der Waals surface area contributed by atoms with Crippen molar-refractivity contribution in [2.75, 3.05) is 24.5 Å². The van der Waals surface area contributed by atoms with Gasteiger partial charge in [-0.2, -0.15) is 5.10 Å². The van der Waals surface area contributed by atoms with Crippen LogP contribution in [0.2, 0.25) is 0 Å². The summed E-state index contributed by atoms with van der Waals surface area (Å²) in [7, 11) is 0. The zero-order valence-corrected chi connectivity index (χ0v) is 20.2. The minimum Gasteiger partial charge on any atom is -0.487 e. The van der Waals surface area contributed by atoms with Crippen LogP contribution in [0, 0.1) is 11.6 Å². The summed E-state index contributed by atoms with van der Waals surface area (Å²) in [5, 5.41) is 4.41. The van der Waals surface area contributed by atoms with E-state index in [1.165, 1.54) is 18.2 Å². The van der Waals surface area contributed by atoms with Gasteiger partial charge in [-0.3, -0.25) is 9.48 Å². The van der Waals surface area contributed by atoms with Gasteiger partial charge in [0.2, 0.25) is 5.91 Å². The van der Waals surface area contributed by atoms with Gasteiger partial charge in [-0.15, -0.1) is 0 Å². The smallest absolute Gasteiger partial charge is 0.246 e. The van der Waals surface area contributed by atoms with E-state index in [9.17, 15) is 13.6 Å². The zero-order chi connectivity index (χ0) is 25.2. The van der Waals surface area contributed by atoms with Gasteiger partial charge in [0.05, 0.1) is 24.1 Å². The number of fused-ring (bicyclic) bond motifs is 1. The molecule has 2 aromatic heterocycles. The first-order chi connectivity index (χ1) is 17.4. The van der Waals surface area contributed by atoms with Gasteiger partial charge in [0.1, 0.15) is 17.6 Å². The Morgan fingerprint density at radius 1 is 1.19 bits per heavy atom. The Morgan fingerprint density at radius 3 is 2.69 bits per heavy atom. The molecular weight excluding hydrogens is 466 g/mol. The van der Waals surface area contributed by atoms with Gasteiger partial charge in [0.15, 0.2) is 17.4 Å². The van der Waals surface area contributed by atoms with E-state index in [2.05, 4.69) is 16.6 Å². The molecule has 3 aromatic rings. The highest BCUT2D eigenvalue weighted by atomic mass is 19.1. The standard InChI is InChI=1S/C26H28F2N6O2/c1-3-24(35)33-12-9-21-22(16-33)30-25(17-14-29-34(4-2)15-17)26(31-21)32-10-7-19(8-11-32)36-23-6-5-18(27)13-20(23)28/h3,5-6,13-15,19H,1,4,7-12,16H2,2H3. The van der Waals surface area contributed by atoms with Crippen LogP contribution < -0.4 is 9.64 Å². The summed E-state index contributed by atoms with van der Waals surface area (Å²) in [6.07, 6.45) is 6.80. The second kappa shape index (κ2) is 10.0. The number of hydrogen-bond acceptors (Lipinski definition) is 6. The number of rotatable bonds is 6. The third-order valence-corrected chi connectivity index (χ3v) is 6.64. The number of carbonyl (C=O) groups excluding carboxylic acids is 1. The predicted octanol–water partition coefficient (Wildman–Crippen LogP) is 3.76. The van der Waals surface area contributed by atoms with Crippen LogP contribution in [0.4, 0.5) is 14.6 Å². The third kappa shape index (κ3) is 4.80. The predicted molar refractivity (Wildman–Crippen MR) is 130 cm³/mol. The molecule has 0 bridgehead atoms. The molecule has 36 heavy (non-hydrogen) atoms. The van der Waals surface area contributed by atoms with E-state index in [-0.39, 0.29) is 17.8 Å². The van der Waals surface area contributed by atoms with Gasteiger partial charge in [-0.25, -0.2) is 18.7 Å². The van der Waals surface area contributed by atoms with Crippen molar-refractivity contribution in [3.8, 4) is 17.0 Å².